The van der Waals surface area contributed by atoms with Crippen molar-refractivity contribution in [2.45, 2.75) is 31.2 Å². The molecular weight excluding hydrogens is 270 g/mol. The van der Waals surface area contributed by atoms with Gasteiger partial charge < -0.3 is 0 Å². The Kier molecular flexibility index (Phi) is 3.97. The van der Waals surface area contributed by atoms with Crippen molar-refractivity contribution in [3.05, 3.63) is 65.7 Å². The van der Waals surface area contributed by atoms with Crippen molar-refractivity contribution in [1.29, 1.82) is 0 Å². The summed E-state index contributed by atoms with van der Waals surface area (Å²) < 4.78 is 27.8. The summed E-state index contributed by atoms with van der Waals surface area (Å²) in [7, 11) is -3.55. The molecule has 0 saturated carbocycles. The van der Waals surface area contributed by atoms with Crippen LogP contribution in [0.3, 0.4) is 0 Å². The van der Waals surface area contributed by atoms with Crippen LogP contribution in [0.25, 0.3) is 0 Å². The molecule has 0 aliphatic rings. The lowest BCUT2D eigenvalue weighted by Crippen LogP contribution is -2.41. The van der Waals surface area contributed by atoms with Gasteiger partial charge in [0.15, 0.2) is 0 Å². The molecular formula is C16H19NO2S. The van der Waals surface area contributed by atoms with Crippen molar-refractivity contribution in [2.75, 3.05) is 0 Å². The van der Waals surface area contributed by atoms with E-state index in [4.69, 9.17) is 0 Å². The largest absolute Gasteiger partial charge is 0.241 e. The normalized spacial score (nSPS) is 12.3. The van der Waals surface area contributed by atoms with Crippen LogP contribution in [0.5, 0.6) is 0 Å². The minimum atomic E-state index is -3.55. The van der Waals surface area contributed by atoms with Gasteiger partial charge in [0.05, 0.1) is 10.4 Å². The average Bonchev–Trinajstić information content (AvgIpc) is 2.39. The second-order valence-corrected chi connectivity index (χ2v) is 7.01. The van der Waals surface area contributed by atoms with E-state index in [2.05, 4.69) is 4.72 Å². The number of rotatable bonds is 4. The Balaban J connectivity index is 2.36. The van der Waals surface area contributed by atoms with Gasteiger partial charge in [-0.05, 0) is 38.0 Å². The van der Waals surface area contributed by atoms with Gasteiger partial charge in [-0.15, -0.1) is 0 Å². The molecule has 4 heteroatoms. The molecule has 2 aromatic carbocycles. The summed E-state index contributed by atoms with van der Waals surface area (Å²) in [5, 5.41) is 0. The standard InChI is InChI=1S/C16H19NO2S/c1-13-9-7-8-12-15(13)20(18,19)17-16(2,3)14-10-5-4-6-11-14/h4-12,17H,1-3H3. The molecule has 0 aromatic heterocycles. The molecule has 0 spiro atoms. The SMILES string of the molecule is Cc1ccccc1S(=O)(=O)NC(C)(C)c1ccccc1. The topological polar surface area (TPSA) is 46.2 Å². The van der Waals surface area contributed by atoms with Crippen LogP contribution in [0.2, 0.25) is 0 Å². The third-order valence-corrected chi connectivity index (χ3v) is 5.08. The quantitative estimate of drug-likeness (QED) is 0.939. The number of benzene rings is 2. The third-order valence-electron chi connectivity index (χ3n) is 3.27. The van der Waals surface area contributed by atoms with Gasteiger partial charge in [0.1, 0.15) is 0 Å². The summed E-state index contributed by atoms with van der Waals surface area (Å²) in [6.07, 6.45) is 0. The summed E-state index contributed by atoms with van der Waals surface area (Å²) in [5.41, 5.74) is 1.00. The molecule has 0 fully saturated rings. The summed E-state index contributed by atoms with van der Waals surface area (Å²) in [6, 6.07) is 16.5. The van der Waals surface area contributed by atoms with Gasteiger partial charge in [-0.2, -0.15) is 0 Å². The van der Waals surface area contributed by atoms with Crippen LogP contribution < -0.4 is 4.72 Å². The average molecular weight is 289 g/mol. The smallest absolute Gasteiger partial charge is 0.207 e. The van der Waals surface area contributed by atoms with Crippen LogP contribution in [0, 0.1) is 6.92 Å². The zero-order valence-electron chi connectivity index (χ0n) is 11.9. The van der Waals surface area contributed by atoms with Crippen molar-refractivity contribution in [3.8, 4) is 0 Å². The zero-order chi connectivity index (χ0) is 14.8. The summed E-state index contributed by atoms with van der Waals surface area (Å²) in [6.45, 7) is 5.51. The van der Waals surface area contributed by atoms with Gasteiger partial charge in [0, 0.05) is 0 Å². The minimum absolute atomic E-state index is 0.323. The van der Waals surface area contributed by atoms with Crippen LogP contribution in [0.1, 0.15) is 25.0 Å². The Morgan fingerprint density at radius 3 is 2.05 bits per heavy atom. The van der Waals surface area contributed by atoms with Gasteiger partial charge in [0.25, 0.3) is 0 Å². The van der Waals surface area contributed by atoms with Crippen LogP contribution >= 0.6 is 0 Å². The Bertz CT molecular complexity index is 691. The van der Waals surface area contributed by atoms with Gasteiger partial charge in [0.2, 0.25) is 10.0 Å². The molecule has 0 radical (unpaired) electrons. The van der Waals surface area contributed by atoms with Gasteiger partial charge in [-0.1, -0.05) is 48.5 Å². The highest BCUT2D eigenvalue weighted by atomic mass is 32.2. The molecule has 2 aromatic rings. The van der Waals surface area contributed by atoms with Gasteiger partial charge in [-0.25, -0.2) is 13.1 Å². The molecule has 0 saturated heterocycles. The van der Waals surface area contributed by atoms with Crippen molar-refractivity contribution in [1.82, 2.24) is 4.72 Å². The molecule has 106 valence electrons. The first kappa shape index (κ1) is 14.8. The number of hydrogen-bond acceptors (Lipinski definition) is 2. The molecule has 0 heterocycles. The highest BCUT2D eigenvalue weighted by Crippen LogP contribution is 2.24. The fourth-order valence-corrected chi connectivity index (χ4v) is 3.81. The van der Waals surface area contributed by atoms with E-state index < -0.39 is 15.6 Å². The monoisotopic (exact) mass is 289 g/mol. The molecule has 0 unspecified atom stereocenters. The van der Waals surface area contributed by atoms with E-state index in [0.717, 1.165) is 11.1 Å². The van der Waals surface area contributed by atoms with Crippen molar-refractivity contribution >= 4 is 10.0 Å². The molecule has 0 amide bonds. The van der Waals surface area contributed by atoms with E-state index in [0.29, 0.717) is 4.90 Å². The van der Waals surface area contributed by atoms with E-state index >= 15 is 0 Å². The molecule has 1 N–H and O–H groups in total. The van der Waals surface area contributed by atoms with E-state index in [1.807, 2.05) is 50.2 Å². The summed E-state index contributed by atoms with van der Waals surface area (Å²) >= 11 is 0. The number of sulfonamides is 1. The first-order chi connectivity index (χ1) is 9.33. The lowest BCUT2D eigenvalue weighted by atomic mass is 9.96. The molecule has 0 aliphatic carbocycles. The van der Waals surface area contributed by atoms with Gasteiger partial charge in [-0.3, -0.25) is 0 Å². The number of nitrogens with one attached hydrogen (secondary N) is 1. The van der Waals surface area contributed by atoms with Crippen molar-refractivity contribution < 1.29 is 8.42 Å². The molecule has 20 heavy (non-hydrogen) atoms. The van der Waals surface area contributed by atoms with E-state index in [1.165, 1.54) is 0 Å². The Labute approximate surface area is 120 Å². The maximum Gasteiger partial charge on any atom is 0.241 e. The second kappa shape index (κ2) is 5.38. The molecule has 3 nitrogen and oxygen atoms in total. The highest BCUT2D eigenvalue weighted by Gasteiger charge is 2.28. The lowest BCUT2D eigenvalue weighted by Gasteiger charge is -2.27. The van der Waals surface area contributed by atoms with Crippen molar-refractivity contribution in [2.24, 2.45) is 0 Å². The van der Waals surface area contributed by atoms with E-state index in [1.54, 1.807) is 25.1 Å². The van der Waals surface area contributed by atoms with E-state index in [9.17, 15) is 8.42 Å². The highest BCUT2D eigenvalue weighted by molar-refractivity contribution is 7.89. The summed E-state index contributed by atoms with van der Waals surface area (Å²) in [4.78, 5) is 0.323. The van der Waals surface area contributed by atoms with Crippen LogP contribution in [-0.4, -0.2) is 8.42 Å². The maximum atomic E-state index is 12.5. The molecule has 0 atom stereocenters. The Hall–Kier alpha value is -1.65. The van der Waals surface area contributed by atoms with Crippen LogP contribution in [-0.2, 0) is 15.6 Å². The molecule has 0 bridgehead atoms. The van der Waals surface area contributed by atoms with Crippen LogP contribution in [0.15, 0.2) is 59.5 Å². The predicted octanol–water partition coefficient (Wildman–Crippen LogP) is 3.21. The molecule has 2 rings (SSSR count). The Morgan fingerprint density at radius 2 is 1.45 bits per heavy atom. The van der Waals surface area contributed by atoms with Gasteiger partial charge >= 0.3 is 0 Å². The number of aryl methyl sites for hydroxylation is 1. The first-order valence-electron chi connectivity index (χ1n) is 6.48. The minimum Gasteiger partial charge on any atom is -0.207 e. The number of hydrogen-bond donors (Lipinski definition) is 1. The van der Waals surface area contributed by atoms with E-state index in [-0.39, 0.29) is 0 Å². The Morgan fingerprint density at radius 1 is 0.900 bits per heavy atom. The van der Waals surface area contributed by atoms with Crippen LogP contribution in [0.4, 0.5) is 0 Å². The second-order valence-electron chi connectivity index (χ2n) is 5.36. The fraction of sp³-hybridized carbons (Fsp3) is 0.250. The first-order valence-corrected chi connectivity index (χ1v) is 7.96. The predicted molar refractivity (Wildman–Crippen MR) is 81.0 cm³/mol. The molecule has 0 aliphatic heterocycles. The third kappa shape index (κ3) is 3.08. The van der Waals surface area contributed by atoms with Crippen molar-refractivity contribution in [3.63, 3.8) is 0 Å². The zero-order valence-corrected chi connectivity index (χ0v) is 12.7. The maximum absolute atomic E-state index is 12.5. The fourth-order valence-electron chi connectivity index (χ4n) is 2.16. The summed E-state index contributed by atoms with van der Waals surface area (Å²) in [5.74, 6) is 0. The lowest BCUT2D eigenvalue weighted by molar-refractivity contribution is 0.472.